The maximum absolute atomic E-state index is 5.46. The standard InChI is InChI=1S/C22H33N5OS/c1-22(2,3)19-16-29-20(26-19)14-25-21(23-4)24-13-17-7-5-6-8-18(17)15-27-9-11-28-12-10-27/h5-8,16H,9-15H2,1-4H3,(H2,23,24,25). The Hall–Kier alpha value is -1.96. The van der Waals surface area contributed by atoms with Crippen LogP contribution in [0.1, 0.15) is 42.6 Å². The molecule has 1 aliphatic heterocycles. The molecule has 0 bridgehead atoms. The average Bonchev–Trinajstić information content (AvgIpc) is 3.20. The molecule has 1 fully saturated rings. The molecule has 2 heterocycles. The molecule has 0 amide bonds. The predicted molar refractivity (Wildman–Crippen MR) is 120 cm³/mol. The summed E-state index contributed by atoms with van der Waals surface area (Å²) in [6.45, 7) is 12.6. The largest absolute Gasteiger partial charge is 0.379 e. The number of rotatable bonds is 6. The van der Waals surface area contributed by atoms with Gasteiger partial charge in [-0.15, -0.1) is 11.3 Å². The molecule has 0 aliphatic carbocycles. The first kappa shape index (κ1) is 21.7. The quantitative estimate of drug-likeness (QED) is 0.561. The van der Waals surface area contributed by atoms with Crippen molar-refractivity contribution in [1.29, 1.82) is 0 Å². The van der Waals surface area contributed by atoms with Gasteiger partial charge in [-0.1, -0.05) is 45.0 Å². The van der Waals surface area contributed by atoms with E-state index in [4.69, 9.17) is 9.72 Å². The van der Waals surface area contributed by atoms with Crippen molar-refractivity contribution in [1.82, 2.24) is 20.5 Å². The van der Waals surface area contributed by atoms with E-state index in [9.17, 15) is 0 Å². The van der Waals surface area contributed by atoms with Gasteiger partial charge in [0.2, 0.25) is 0 Å². The molecule has 0 unspecified atom stereocenters. The number of aromatic nitrogens is 1. The minimum atomic E-state index is 0.0822. The number of thiazole rings is 1. The smallest absolute Gasteiger partial charge is 0.191 e. The zero-order chi connectivity index (χ0) is 20.7. The highest BCUT2D eigenvalue weighted by atomic mass is 32.1. The maximum atomic E-state index is 5.46. The van der Waals surface area contributed by atoms with Gasteiger partial charge in [0, 0.05) is 44.0 Å². The lowest BCUT2D eigenvalue weighted by Crippen LogP contribution is -2.37. The summed E-state index contributed by atoms with van der Waals surface area (Å²) in [4.78, 5) is 11.6. The van der Waals surface area contributed by atoms with Crippen molar-refractivity contribution in [2.24, 2.45) is 4.99 Å². The van der Waals surface area contributed by atoms with E-state index in [1.54, 1.807) is 18.4 Å². The third-order valence-corrected chi connectivity index (χ3v) is 5.86. The normalized spacial score (nSPS) is 16.1. The van der Waals surface area contributed by atoms with Gasteiger partial charge in [0.25, 0.3) is 0 Å². The van der Waals surface area contributed by atoms with Crippen LogP contribution in [0.2, 0.25) is 0 Å². The number of hydrogen-bond donors (Lipinski definition) is 2. The number of morpholine rings is 1. The summed E-state index contributed by atoms with van der Waals surface area (Å²) in [5, 5.41) is 10.0. The lowest BCUT2D eigenvalue weighted by Gasteiger charge is -2.27. The van der Waals surface area contributed by atoms with Crippen LogP contribution in [-0.4, -0.2) is 49.2 Å². The zero-order valence-corrected chi connectivity index (χ0v) is 18.8. The van der Waals surface area contributed by atoms with Crippen molar-refractivity contribution in [2.75, 3.05) is 33.4 Å². The van der Waals surface area contributed by atoms with Crippen molar-refractivity contribution < 1.29 is 4.74 Å². The van der Waals surface area contributed by atoms with Crippen LogP contribution in [0.4, 0.5) is 0 Å². The molecule has 0 radical (unpaired) electrons. The van der Waals surface area contributed by atoms with Crippen LogP contribution in [-0.2, 0) is 29.8 Å². The minimum Gasteiger partial charge on any atom is -0.379 e. The Bertz CT molecular complexity index is 806. The first-order chi connectivity index (χ1) is 14.0. The molecule has 7 heteroatoms. The average molecular weight is 416 g/mol. The molecule has 2 aromatic rings. The van der Waals surface area contributed by atoms with Gasteiger partial charge in [-0.2, -0.15) is 0 Å². The summed E-state index contributed by atoms with van der Waals surface area (Å²) >= 11 is 1.69. The summed E-state index contributed by atoms with van der Waals surface area (Å²) in [5.74, 6) is 0.790. The second-order valence-electron chi connectivity index (χ2n) is 8.31. The van der Waals surface area contributed by atoms with Gasteiger partial charge < -0.3 is 15.4 Å². The van der Waals surface area contributed by atoms with Gasteiger partial charge in [-0.25, -0.2) is 4.98 Å². The van der Waals surface area contributed by atoms with Crippen LogP contribution in [0.15, 0.2) is 34.6 Å². The van der Waals surface area contributed by atoms with Crippen molar-refractivity contribution in [3.05, 3.63) is 51.5 Å². The van der Waals surface area contributed by atoms with Crippen LogP contribution in [0.3, 0.4) is 0 Å². The fourth-order valence-corrected chi connectivity index (χ4v) is 4.14. The highest BCUT2D eigenvalue weighted by Crippen LogP contribution is 2.23. The molecule has 6 nitrogen and oxygen atoms in total. The van der Waals surface area contributed by atoms with Crippen molar-refractivity contribution in [3.8, 4) is 0 Å². The number of aliphatic imine (C=N–C) groups is 1. The number of ether oxygens (including phenoxy) is 1. The number of guanidine groups is 1. The Balaban J connectivity index is 1.53. The van der Waals surface area contributed by atoms with Gasteiger partial charge in [0.05, 0.1) is 25.5 Å². The van der Waals surface area contributed by atoms with E-state index in [0.717, 1.165) is 56.1 Å². The summed E-state index contributed by atoms with van der Waals surface area (Å²) < 4.78 is 5.46. The van der Waals surface area contributed by atoms with E-state index >= 15 is 0 Å². The SMILES string of the molecule is CN=C(NCc1nc(C(C)(C)C)cs1)NCc1ccccc1CN1CCOCC1. The highest BCUT2D eigenvalue weighted by Gasteiger charge is 2.17. The van der Waals surface area contributed by atoms with E-state index in [1.165, 1.54) is 11.1 Å². The molecule has 2 N–H and O–H groups in total. The van der Waals surface area contributed by atoms with Crippen LogP contribution in [0.5, 0.6) is 0 Å². The van der Waals surface area contributed by atoms with E-state index in [-0.39, 0.29) is 5.41 Å². The third kappa shape index (κ3) is 6.52. The molecule has 3 rings (SSSR count). The Kier molecular flexibility index (Phi) is 7.64. The van der Waals surface area contributed by atoms with Gasteiger partial charge in [-0.3, -0.25) is 9.89 Å². The van der Waals surface area contributed by atoms with Crippen LogP contribution in [0, 0.1) is 0 Å². The van der Waals surface area contributed by atoms with E-state index in [1.807, 2.05) is 0 Å². The molecule has 0 atom stereocenters. The van der Waals surface area contributed by atoms with Crippen LogP contribution < -0.4 is 10.6 Å². The van der Waals surface area contributed by atoms with Crippen LogP contribution >= 0.6 is 11.3 Å². The van der Waals surface area contributed by atoms with Crippen LogP contribution in [0.25, 0.3) is 0 Å². The van der Waals surface area contributed by atoms with Gasteiger partial charge >= 0.3 is 0 Å². The summed E-state index contributed by atoms with van der Waals surface area (Å²) in [6.07, 6.45) is 0. The molecule has 0 saturated carbocycles. The summed E-state index contributed by atoms with van der Waals surface area (Å²) in [7, 11) is 1.80. The number of hydrogen-bond acceptors (Lipinski definition) is 5. The Labute approximate surface area is 178 Å². The summed E-state index contributed by atoms with van der Waals surface area (Å²) in [6, 6.07) is 8.61. The van der Waals surface area contributed by atoms with Gasteiger partial charge in [-0.05, 0) is 11.1 Å². The van der Waals surface area contributed by atoms with Gasteiger partial charge in [0.15, 0.2) is 5.96 Å². The molecule has 29 heavy (non-hydrogen) atoms. The number of nitrogens with one attached hydrogen (secondary N) is 2. The molecular formula is C22H33N5OS. The van der Waals surface area contributed by atoms with Crippen molar-refractivity contribution in [3.63, 3.8) is 0 Å². The van der Waals surface area contributed by atoms with E-state index in [0.29, 0.717) is 6.54 Å². The Morgan fingerprint density at radius 3 is 2.48 bits per heavy atom. The zero-order valence-electron chi connectivity index (χ0n) is 18.0. The second-order valence-corrected chi connectivity index (χ2v) is 9.26. The lowest BCUT2D eigenvalue weighted by atomic mass is 9.93. The van der Waals surface area contributed by atoms with E-state index in [2.05, 4.69) is 70.9 Å². The lowest BCUT2D eigenvalue weighted by molar-refractivity contribution is 0.0341. The first-order valence-corrected chi connectivity index (χ1v) is 11.1. The van der Waals surface area contributed by atoms with Crippen molar-refractivity contribution >= 4 is 17.3 Å². The predicted octanol–water partition coefficient (Wildman–Crippen LogP) is 3.14. The fraction of sp³-hybridized carbons (Fsp3) is 0.545. The third-order valence-electron chi connectivity index (χ3n) is 5.01. The monoisotopic (exact) mass is 415 g/mol. The highest BCUT2D eigenvalue weighted by molar-refractivity contribution is 7.09. The molecule has 1 saturated heterocycles. The maximum Gasteiger partial charge on any atom is 0.191 e. The Morgan fingerprint density at radius 1 is 1.14 bits per heavy atom. The minimum absolute atomic E-state index is 0.0822. The Morgan fingerprint density at radius 2 is 1.83 bits per heavy atom. The molecule has 0 spiro atoms. The molecular weight excluding hydrogens is 382 g/mol. The molecule has 158 valence electrons. The molecule has 1 aliphatic rings. The van der Waals surface area contributed by atoms with Crippen molar-refractivity contribution in [2.45, 2.75) is 45.8 Å². The second kappa shape index (κ2) is 10.2. The fourth-order valence-electron chi connectivity index (χ4n) is 3.18. The number of nitrogens with zero attached hydrogens (tertiary/aromatic N) is 3. The molecule has 1 aromatic heterocycles. The molecule has 1 aromatic carbocycles. The topological polar surface area (TPSA) is 61.8 Å². The van der Waals surface area contributed by atoms with E-state index < -0.39 is 0 Å². The van der Waals surface area contributed by atoms with Gasteiger partial charge in [0.1, 0.15) is 5.01 Å². The first-order valence-electron chi connectivity index (χ1n) is 10.2. The summed E-state index contributed by atoms with van der Waals surface area (Å²) in [5.41, 5.74) is 3.87. The number of benzene rings is 1.